The van der Waals surface area contributed by atoms with Gasteiger partial charge in [-0.1, -0.05) is 223 Å². The van der Waals surface area contributed by atoms with Crippen LogP contribution in [0.2, 0.25) is 0 Å². The Balaban J connectivity index is 4.31. The smallest absolute Gasteiger partial charge is 0.306 e. The monoisotopic (exact) mass is 881 g/mol. The van der Waals surface area contributed by atoms with Crippen molar-refractivity contribution in [2.24, 2.45) is 0 Å². The molecule has 0 saturated carbocycles. The van der Waals surface area contributed by atoms with Gasteiger partial charge in [0.2, 0.25) is 0 Å². The van der Waals surface area contributed by atoms with Crippen LogP contribution in [0.4, 0.5) is 0 Å². The van der Waals surface area contributed by atoms with E-state index < -0.39 is 6.10 Å². The largest absolute Gasteiger partial charge is 0.462 e. The molecule has 63 heavy (non-hydrogen) atoms. The lowest BCUT2D eigenvalue weighted by molar-refractivity contribution is -0.167. The van der Waals surface area contributed by atoms with Gasteiger partial charge < -0.3 is 14.2 Å². The Morgan fingerprint density at radius 2 is 0.619 bits per heavy atom. The molecule has 0 spiro atoms. The van der Waals surface area contributed by atoms with Crippen molar-refractivity contribution >= 4 is 17.9 Å². The summed E-state index contributed by atoms with van der Waals surface area (Å²) in [5.74, 6) is -0.887. The highest BCUT2D eigenvalue weighted by Crippen LogP contribution is 2.15. The first-order chi connectivity index (χ1) is 31.0. The summed E-state index contributed by atoms with van der Waals surface area (Å²) in [7, 11) is 0. The predicted molar refractivity (Wildman–Crippen MR) is 270 cm³/mol. The van der Waals surface area contributed by atoms with Crippen LogP contribution in [-0.4, -0.2) is 37.2 Å². The maximum Gasteiger partial charge on any atom is 0.306 e. The average Bonchev–Trinajstić information content (AvgIpc) is 3.28. The fourth-order valence-electron chi connectivity index (χ4n) is 7.49. The minimum atomic E-state index is -0.777. The third-order valence-corrected chi connectivity index (χ3v) is 11.5. The van der Waals surface area contributed by atoms with Gasteiger partial charge in [0.05, 0.1) is 0 Å². The molecule has 0 aromatic heterocycles. The van der Waals surface area contributed by atoms with Crippen LogP contribution in [0.25, 0.3) is 0 Å². The lowest BCUT2D eigenvalue weighted by Gasteiger charge is -2.18. The molecule has 1 atom stereocenters. The number of carbonyl (C=O) groups excluding carboxylic acids is 3. The van der Waals surface area contributed by atoms with Crippen LogP contribution in [0.3, 0.4) is 0 Å². The Labute approximate surface area is 390 Å². The number of hydrogen-bond acceptors (Lipinski definition) is 6. The Morgan fingerprint density at radius 3 is 1.00 bits per heavy atom. The normalized spacial score (nSPS) is 12.5. The highest BCUT2D eigenvalue weighted by molar-refractivity contribution is 5.71. The molecule has 364 valence electrons. The van der Waals surface area contributed by atoms with Crippen molar-refractivity contribution in [1.29, 1.82) is 0 Å². The molecule has 1 unspecified atom stereocenters. The van der Waals surface area contributed by atoms with E-state index in [1.54, 1.807) is 0 Å². The minimum Gasteiger partial charge on any atom is -0.462 e. The summed E-state index contributed by atoms with van der Waals surface area (Å²) in [6, 6.07) is 0. The Hall–Kier alpha value is -2.89. The van der Waals surface area contributed by atoms with E-state index >= 15 is 0 Å². The molecule has 0 aliphatic heterocycles. The van der Waals surface area contributed by atoms with Gasteiger partial charge in [-0.2, -0.15) is 0 Å². The molecule has 0 aliphatic carbocycles. The summed E-state index contributed by atoms with van der Waals surface area (Å²) in [5.41, 5.74) is 0. The summed E-state index contributed by atoms with van der Waals surface area (Å²) < 4.78 is 16.8. The van der Waals surface area contributed by atoms with Gasteiger partial charge in [0, 0.05) is 19.3 Å². The minimum absolute atomic E-state index is 0.0774. The van der Waals surface area contributed by atoms with Crippen molar-refractivity contribution in [3.63, 3.8) is 0 Å². The molecule has 0 bridgehead atoms. The fraction of sp³-hybridized carbons (Fsp3) is 0.772. The molecule has 6 heteroatoms. The van der Waals surface area contributed by atoms with Gasteiger partial charge in [0.1, 0.15) is 13.2 Å². The number of carbonyl (C=O) groups is 3. The molecule has 0 N–H and O–H groups in total. The van der Waals surface area contributed by atoms with E-state index in [2.05, 4.69) is 81.5 Å². The van der Waals surface area contributed by atoms with Crippen molar-refractivity contribution in [2.75, 3.05) is 13.2 Å². The Kier molecular flexibility index (Phi) is 49.4. The van der Waals surface area contributed by atoms with Gasteiger partial charge in [-0.05, 0) is 83.5 Å². The van der Waals surface area contributed by atoms with E-state index in [0.29, 0.717) is 19.3 Å². The van der Waals surface area contributed by atoms with E-state index in [1.165, 1.54) is 135 Å². The predicted octanol–water partition coefficient (Wildman–Crippen LogP) is 17.6. The van der Waals surface area contributed by atoms with Gasteiger partial charge in [-0.25, -0.2) is 0 Å². The molecule has 0 aromatic rings. The molecule has 0 aliphatic rings. The topological polar surface area (TPSA) is 78.9 Å². The Morgan fingerprint density at radius 1 is 0.333 bits per heavy atom. The van der Waals surface area contributed by atoms with Crippen LogP contribution in [-0.2, 0) is 28.6 Å². The van der Waals surface area contributed by atoms with Crippen LogP contribution in [0.1, 0.15) is 265 Å². The number of allylic oxidation sites excluding steroid dienone is 10. The standard InChI is InChI=1S/C57H100O6/c1-4-7-10-13-16-19-21-23-25-27-28-30-31-33-35-38-41-44-47-50-56(59)62-53-54(52-61-55(58)49-46-43-40-37-18-15-12-9-6-3)63-57(60)51-48-45-42-39-36-34-32-29-26-24-22-20-17-14-11-8-5-2/h7,10,16-17,19-20,23-26,54H,4-6,8-9,11-15,18,21-22,27-53H2,1-3H3/b10-7-,19-16-,20-17-,25-23-,26-24-. The van der Waals surface area contributed by atoms with Crippen molar-refractivity contribution in [3.8, 4) is 0 Å². The van der Waals surface area contributed by atoms with Crippen molar-refractivity contribution in [1.82, 2.24) is 0 Å². The zero-order valence-corrected chi connectivity index (χ0v) is 41.6. The molecule has 0 heterocycles. The summed E-state index contributed by atoms with van der Waals surface area (Å²) in [6.45, 7) is 6.49. The highest BCUT2D eigenvalue weighted by Gasteiger charge is 2.19. The lowest BCUT2D eigenvalue weighted by atomic mass is 10.1. The van der Waals surface area contributed by atoms with Crippen molar-refractivity contribution < 1.29 is 28.6 Å². The average molecular weight is 881 g/mol. The lowest BCUT2D eigenvalue weighted by Crippen LogP contribution is -2.30. The van der Waals surface area contributed by atoms with E-state index in [-0.39, 0.29) is 31.1 Å². The van der Waals surface area contributed by atoms with Crippen LogP contribution in [0.15, 0.2) is 60.8 Å². The summed E-state index contributed by atoms with van der Waals surface area (Å²) in [5, 5.41) is 0. The summed E-state index contributed by atoms with van der Waals surface area (Å²) in [6.07, 6.45) is 63.5. The van der Waals surface area contributed by atoms with Gasteiger partial charge in [-0.3, -0.25) is 14.4 Å². The second-order valence-electron chi connectivity index (χ2n) is 17.8. The zero-order valence-electron chi connectivity index (χ0n) is 41.6. The van der Waals surface area contributed by atoms with Crippen LogP contribution in [0, 0.1) is 0 Å². The molecular weight excluding hydrogens is 781 g/mol. The van der Waals surface area contributed by atoms with E-state index in [0.717, 1.165) is 89.9 Å². The van der Waals surface area contributed by atoms with E-state index in [4.69, 9.17) is 14.2 Å². The first-order valence-corrected chi connectivity index (χ1v) is 26.8. The van der Waals surface area contributed by atoms with Crippen LogP contribution in [0.5, 0.6) is 0 Å². The molecular formula is C57H100O6. The first-order valence-electron chi connectivity index (χ1n) is 26.8. The molecule has 0 rings (SSSR count). The number of ether oxygens (including phenoxy) is 3. The van der Waals surface area contributed by atoms with Crippen LogP contribution >= 0.6 is 0 Å². The number of hydrogen-bond donors (Lipinski definition) is 0. The third-order valence-electron chi connectivity index (χ3n) is 11.5. The molecule has 0 amide bonds. The maximum atomic E-state index is 12.8. The highest BCUT2D eigenvalue weighted by atomic mass is 16.6. The fourth-order valence-corrected chi connectivity index (χ4v) is 7.49. The van der Waals surface area contributed by atoms with Gasteiger partial charge in [0.25, 0.3) is 0 Å². The Bertz CT molecular complexity index is 1150. The molecule has 0 radical (unpaired) electrons. The van der Waals surface area contributed by atoms with Crippen molar-refractivity contribution in [2.45, 2.75) is 271 Å². The number of esters is 3. The second-order valence-corrected chi connectivity index (χ2v) is 17.8. The van der Waals surface area contributed by atoms with E-state index in [9.17, 15) is 14.4 Å². The molecule has 0 saturated heterocycles. The number of unbranched alkanes of at least 4 members (excludes halogenated alkanes) is 27. The zero-order chi connectivity index (χ0) is 45.8. The van der Waals surface area contributed by atoms with Gasteiger partial charge in [-0.15, -0.1) is 0 Å². The quantitative estimate of drug-likeness (QED) is 0.0262. The number of rotatable bonds is 48. The van der Waals surface area contributed by atoms with Crippen molar-refractivity contribution in [3.05, 3.63) is 60.8 Å². The molecule has 6 nitrogen and oxygen atoms in total. The van der Waals surface area contributed by atoms with Crippen LogP contribution < -0.4 is 0 Å². The molecule has 0 fully saturated rings. The summed E-state index contributed by atoms with van der Waals surface area (Å²) in [4.78, 5) is 38.0. The summed E-state index contributed by atoms with van der Waals surface area (Å²) >= 11 is 0. The molecule has 0 aromatic carbocycles. The maximum absolute atomic E-state index is 12.8. The third kappa shape index (κ3) is 50.0. The van der Waals surface area contributed by atoms with Gasteiger partial charge >= 0.3 is 17.9 Å². The van der Waals surface area contributed by atoms with E-state index in [1.807, 2.05) is 0 Å². The SMILES string of the molecule is CC/C=C\C/C=C\C/C=C\CCCCCCCCCCCC(=O)OCC(COC(=O)CCCCCCCCCCC)OC(=O)CCCCCCCCC/C=C\C/C=C\CCCCC. The van der Waals surface area contributed by atoms with Gasteiger partial charge in [0.15, 0.2) is 6.10 Å². The first kappa shape index (κ1) is 60.1. The second kappa shape index (κ2) is 51.7.